The van der Waals surface area contributed by atoms with Gasteiger partial charge in [0, 0.05) is 6.54 Å². The molecule has 5 nitrogen and oxygen atoms in total. The molecule has 1 rings (SSSR count). The van der Waals surface area contributed by atoms with Crippen LogP contribution in [0.25, 0.3) is 0 Å². The van der Waals surface area contributed by atoms with Gasteiger partial charge in [-0.2, -0.15) is 0 Å². The van der Waals surface area contributed by atoms with Gasteiger partial charge in [-0.1, -0.05) is 18.5 Å². The highest BCUT2D eigenvalue weighted by atomic mass is 35.5. The quantitative estimate of drug-likeness (QED) is 0.809. The Morgan fingerprint density at radius 2 is 2.20 bits per heavy atom. The third-order valence-corrected chi connectivity index (χ3v) is 2.97. The van der Waals surface area contributed by atoms with Crippen LogP contribution in [0.1, 0.15) is 25.8 Å². The average Bonchev–Trinajstić information content (AvgIpc) is 2.46. The molecular weight excluding hydrogens is 282 g/mol. The minimum Gasteiger partial charge on any atom is -0.493 e. The Kier molecular flexibility index (Phi) is 6.61. The first-order valence-electron chi connectivity index (χ1n) is 6.45. The van der Waals surface area contributed by atoms with Crippen LogP contribution in [-0.2, 0) is 11.4 Å². The molecule has 0 saturated heterocycles. The van der Waals surface area contributed by atoms with Crippen molar-refractivity contribution in [1.29, 1.82) is 0 Å². The van der Waals surface area contributed by atoms with Crippen LogP contribution in [0.2, 0.25) is 5.02 Å². The summed E-state index contributed by atoms with van der Waals surface area (Å²) in [6.07, 6.45) is 0.168. The predicted octanol–water partition coefficient (Wildman–Crippen LogP) is 2.13. The standard InChI is InChI=1S/C14H20ClNO4/c1-4-5-16-14(18)9(2)20-13-11(15)6-10(8-17)7-12(13)19-3/h6-7,9,17H,4-5,8H2,1-3H3,(H,16,18). The Morgan fingerprint density at radius 3 is 2.75 bits per heavy atom. The molecule has 0 aliphatic heterocycles. The van der Waals surface area contributed by atoms with Gasteiger partial charge in [0.2, 0.25) is 0 Å². The highest BCUT2D eigenvalue weighted by Gasteiger charge is 2.19. The molecular formula is C14H20ClNO4. The van der Waals surface area contributed by atoms with E-state index in [0.29, 0.717) is 28.6 Å². The molecule has 20 heavy (non-hydrogen) atoms. The fourth-order valence-corrected chi connectivity index (χ4v) is 1.88. The van der Waals surface area contributed by atoms with E-state index < -0.39 is 6.10 Å². The SMILES string of the molecule is CCCNC(=O)C(C)Oc1c(Cl)cc(CO)cc1OC. The number of hydrogen-bond donors (Lipinski definition) is 2. The molecule has 112 valence electrons. The monoisotopic (exact) mass is 301 g/mol. The van der Waals surface area contributed by atoms with E-state index in [4.69, 9.17) is 26.2 Å². The smallest absolute Gasteiger partial charge is 0.260 e. The zero-order valence-electron chi connectivity index (χ0n) is 11.9. The second-order valence-electron chi connectivity index (χ2n) is 4.32. The fourth-order valence-electron chi connectivity index (χ4n) is 1.60. The molecule has 0 bridgehead atoms. The first-order valence-corrected chi connectivity index (χ1v) is 6.82. The summed E-state index contributed by atoms with van der Waals surface area (Å²) in [5.41, 5.74) is 0.613. The van der Waals surface area contributed by atoms with Crippen LogP contribution in [0.3, 0.4) is 0 Å². The first-order chi connectivity index (χ1) is 9.53. The molecule has 1 unspecified atom stereocenters. The van der Waals surface area contributed by atoms with E-state index in [9.17, 15) is 4.79 Å². The first kappa shape index (κ1) is 16.6. The van der Waals surface area contributed by atoms with Crippen LogP contribution in [0.4, 0.5) is 0 Å². The van der Waals surface area contributed by atoms with Gasteiger partial charge in [0.1, 0.15) is 0 Å². The average molecular weight is 302 g/mol. The van der Waals surface area contributed by atoms with E-state index >= 15 is 0 Å². The molecule has 0 saturated carbocycles. The van der Waals surface area contributed by atoms with E-state index in [1.54, 1.807) is 19.1 Å². The molecule has 0 aromatic heterocycles. The molecule has 1 aromatic rings. The van der Waals surface area contributed by atoms with E-state index in [2.05, 4.69) is 5.32 Å². The number of carbonyl (C=O) groups excluding carboxylic acids is 1. The van der Waals surface area contributed by atoms with Crippen molar-refractivity contribution in [2.45, 2.75) is 33.0 Å². The van der Waals surface area contributed by atoms with Crippen molar-refractivity contribution in [3.63, 3.8) is 0 Å². The van der Waals surface area contributed by atoms with Crippen molar-refractivity contribution in [2.24, 2.45) is 0 Å². The fraction of sp³-hybridized carbons (Fsp3) is 0.500. The molecule has 0 aliphatic rings. The van der Waals surface area contributed by atoms with Crippen molar-refractivity contribution in [1.82, 2.24) is 5.32 Å². The summed E-state index contributed by atoms with van der Waals surface area (Å²) in [6, 6.07) is 3.20. The topological polar surface area (TPSA) is 67.8 Å². The number of ether oxygens (including phenoxy) is 2. The molecule has 0 heterocycles. The Bertz CT molecular complexity index is 465. The van der Waals surface area contributed by atoms with Gasteiger partial charge in [0.05, 0.1) is 18.7 Å². The molecule has 0 aliphatic carbocycles. The maximum absolute atomic E-state index is 11.8. The summed E-state index contributed by atoms with van der Waals surface area (Å²) >= 11 is 6.10. The van der Waals surface area contributed by atoms with Crippen molar-refractivity contribution in [3.05, 3.63) is 22.7 Å². The predicted molar refractivity (Wildman–Crippen MR) is 77.3 cm³/mol. The lowest BCUT2D eigenvalue weighted by molar-refractivity contribution is -0.127. The summed E-state index contributed by atoms with van der Waals surface area (Å²) in [6.45, 7) is 4.06. The third kappa shape index (κ3) is 4.28. The Balaban J connectivity index is 2.88. The van der Waals surface area contributed by atoms with Gasteiger partial charge in [0.15, 0.2) is 17.6 Å². The lowest BCUT2D eigenvalue weighted by Crippen LogP contribution is -2.36. The van der Waals surface area contributed by atoms with Gasteiger partial charge in [-0.3, -0.25) is 4.79 Å². The van der Waals surface area contributed by atoms with Crippen molar-refractivity contribution >= 4 is 17.5 Å². The molecule has 1 atom stereocenters. The van der Waals surface area contributed by atoms with Gasteiger partial charge in [-0.05, 0) is 31.0 Å². The zero-order chi connectivity index (χ0) is 15.1. The maximum Gasteiger partial charge on any atom is 0.260 e. The minimum absolute atomic E-state index is 0.150. The summed E-state index contributed by atoms with van der Waals surface area (Å²) < 4.78 is 10.8. The molecule has 6 heteroatoms. The van der Waals surface area contributed by atoms with E-state index in [1.165, 1.54) is 7.11 Å². The van der Waals surface area contributed by atoms with Crippen molar-refractivity contribution in [3.8, 4) is 11.5 Å². The summed E-state index contributed by atoms with van der Waals surface area (Å²) in [5.74, 6) is 0.471. The molecule has 1 amide bonds. The number of aliphatic hydroxyl groups excluding tert-OH is 1. The largest absolute Gasteiger partial charge is 0.493 e. The van der Waals surface area contributed by atoms with Gasteiger partial charge >= 0.3 is 0 Å². The maximum atomic E-state index is 11.8. The summed E-state index contributed by atoms with van der Waals surface area (Å²) in [7, 11) is 1.47. The second-order valence-corrected chi connectivity index (χ2v) is 4.73. The van der Waals surface area contributed by atoms with Gasteiger partial charge in [0.25, 0.3) is 5.91 Å². The molecule has 2 N–H and O–H groups in total. The molecule has 0 radical (unpaired) electrons. The van der Waals surface area contributed by atoms with Gasteiger partial charge in [-0.15, -0.1) is 0 Å². The Hall–Kier alpha value is -1.46. The second kappa shape index (κ2) is 7.97. The van der Waals surface area contributed by atoms with Crippen molar-refractivity contribution < 1.29 is 19.4 Å². The Labute approximate surface area is 123 Å². The van der Waals surface area contributed by atoms with Crippen LogP contribution in [-0.4, -0.2) is 30.8 Å². The molecule has 1 aromatic carbocycles. The molecule has 0 fully saturated rings. The number of rotatable bonds is 7. The number of methoxy groups -OCH3 is 1. The summed E-state index contributed by atoms with van der Waals surface area (Å²) in [5, 5.41) is 12.2. The summed E-state index contributed by atoms with van der Waals surface area (Å²) in [4.78, 5) is 11.8. The highest BCUT2D eigenvalue weighted by Crippen LogP contribution is 2.37. The van der Waals surface area contributed by atoms with E-state index in [1.807, 2.05) is 6.92 Å². The Morgan fingerprint density at radius 1 is 1.50 bits per heavy atom. The van der Waals surface area contributed by atoms with E-state index in [0.717, 1.165) is 6.42 Å². The van der Waals surface area contributed by atoms with E-state index in [-0.39, 0.29) is 12.5 Å². The minimum atomic E-state index is -0.687. The number of hydrogen-bond acceptors (Lipinski definition) is 4. The van der Waals surface area contributed by atoms with Gasteiger partial charge < -0.3 is 19.9 Å². The van der Waals surface area contributed by atoms with Crippen LogP contribution >= 0.6 is 11.6 Å². The van der Waals surface area contributed by atoms with Crippen LogP contribution in [0.5, 0.6) is 11.5 Å². The van der Waals surface area contributed by atoms with Crippen LogP contribution in [0, 0.1) is 0 Å². The van der Waals surface area contributed by atoms with Crippen LogP contribution < -0.4 is 14.8 Å². The zero-order valence-corrected chi connectivity index (χ0v) is 12.7. The number of carbonyl (C=O) groups is 1. The van der Waals surface area contributed by atoms with Crippen LogP contribution in [0.15, 0.2) is 12.1 Å². The third-order valence-electron chi connectivity index (χ3n) is 2.68. The normalized spacial score (nSPS) is 11.8. The number of aliphatic hydroxyl groups is 1. The number of halogens is 1. The number of nitrogens with one attached hydrogen (secondary N) is 1. The lowest BCUT2D eigenvalue weighted by Gasteiger charge is -2.18. The highest BCUT2D eigenvalue weighted by molar-refractivity contribution is 6.32. The van der Waals surface area contributed by atoms with Crippen molar-refractivity contribution in [2.75, 3.05) is 13.7 Å². The lowest BCUT2D eigenvalue weighted by atomic mass is 10.2. The number of amides is 1. The molecule has 0 spiro atoms. The number of benzene rings is 1. The van der Waals surface area contributed by atoms with Gasteiger partial charge in [-0.25, -0.2) is 0 Å².